The molecule has 0 bridgehead atoms. The van der Waals surface area contributed by atoms with Crippen LogP contribution >= 0.6 is 0 Å². The van der Waals surface area contributed by atoms with Crippen LogP contribution in [0.25, 0.3) is 0 Å². The molecule has 0 atom stereocenters. The first-order chi connectivity index (χ1) is 12.6. The summed E-state index contributed by atoms with van der Waals surface area (Å²) in [7, 11) is 3.23. The van der Waals surface area contributed by atoms with Crippen molar-refractivity contribution in [3.63, 3.8) is 0 Å². The van der Waals surface area contributed by atoms with Gasteiger partial charge in [0.05, 0.1) is 32.9 Å². The summed E-state index contributed by atoms with van der Waals surface area (Å²) < 4.78 is 12.7. The molecule has 2 aromatic rings. The van der Waals surface area contributed by atoms with Gasteiger partial charge in [-0.25, -0.2) is 0 Å². The van der Waals surface area contributed by atoms with Crippen molar-refractivity contribution in [2.75, 3.05) is 14.2 Å². The zero-order chi connectivity index (χ0) is 18.5. The number of methoxy groups -OCH3 is 2. The van der Waals surface area contributed by atoms with Crippen LogP contribution in [0.15, 0.2) is 30.6 Å². The topological polar surface area (TPSA) is 65.4 Å². The highest BCUT2D eigenvalue weighted by atomic mass is 16.5. The smallest absolute Gasteiger partial charge is 0.224 e. The van der Waals surface area contributed by atoms with Gasteiger partial charge in [-0.3, -0.25) is 9.48 Å². The van der Waals surface area contributed by atoms with Crippen LogP contribution in [0.4, 0.5) is 0 Å². The maximum absolute atomic E-state index is 12.5. The van der Waals surface area contributed by atoms with Gasteiger partial charge in [-0.15, -0.1) is 0 Å². The summed E-state index contributed by atoms with van der Waals surface area (Å²) in [6.07, 6.45) is 8.31. The van der Waals surface area contributed by atoms with E-state index in [0.717, 1.165) is 37.0 Å². The van der Waals surface area contributed by atoms with E-state index in [1.54, 1.807) is 14.2 Å². The van der Waals surface area contributed by atoms with Crippen LogP contribution < -0.4 is 14.8 Å². The number of rotatable bonds is 6. The predicted molar refractivity (Wildman–Crippen MR) is 99.6 cm³/mol. The van der Waals surface area contributed by atoms with Crippen LogP contribution in [0.5, 0.6) is 11.5 Å². The second kappa shape index (κ2) is 8.25. The monoisotopic (exact) mass is 357 g/mol. The van der Waals surface area contributed by atoms with Crippen LogP contribution in [0.1, 0.15) is 42.9 Å². The standard InChI is InChI=1S/C20H27N3O3/c1-14-12-21-23(13-14)17-6-4-16(5-7-17)22-20(24)11-15-10-18(25-2)8-9-19(15)26-3/h8-10,12-13,16-17H,4-7,11H2,1-3H3,(H,22,24). The summed E-state index contributed by atoms with van der Waals surface area (Å²) in [5.41, 5.74) is 2.03. The Morgan fingerprint density at radius 3 is 2.62 bits per heavy atom. The Kier molecular flexibility index (Phi) is 5.81. The number of nitrogens with zero attached hydrogens (tertiary/aromatic N) is 2. The Morgan fingerprint density at radius 1 is 1.23 bits per heavy atom. The maximum Gasteiger partial charge on any atom is 0.224 e. The summed E-state index contributed by atoms with van der Waals surface area (Å²) in [6, 6.07) is 6.19. The number of benzene rings is 1. The molecule has 1 aromatic carbocycles. The molecule has 140 valence electrons. The van der Waals surface area contributed by atoms with E-state index >= 15 is 0 Å². The van der Waals surface area contributed by atoms with Crippen molar-refractivity contribution < 1.29 is 14.3 Å². The summed E-state index contributed by atoms with van der Waals surface area (Å²) >= 11 is 0. The minimum Gasteiger partial charge on any atom is -0.497 e. The molecule has 1 N–H and O–H groups in total. The average molecular weight is 357 g/mol. The molecule has 1 aliphatic rings. The minimum atomic E-state index is 0.0231. The molecule has 1 aliphatic carbocycles. The van der Waals surface area contributed by atoms with E-state index in [2.05, 4.69) is 28.2 Å². The largest absolute Gasteiger partial charge is 0.497 e. The third kappa shape index (κ3) is 4.36. The lowest BCUT2D eigenvalue weighted by Crippen LogP contribution is -2.38. The number of carbonyl (C=O) groups is 1. The number of aromatic nitrogens is 2. The van der Waals surface area contributed by atoms with Gasteiger partial charge in [0.25, 0.3) is 0 Å². The fraction of sp³-hybridized carbons (Fsp3) is 0.500. The molecule has 6 nitrogen and oxygen atoms in total. The first kappa shape index (κ1) is 18.3. The van der Waals surface area contributed by atoms with Crippen molar-refractivity contribution >= 4 is 5.91 Å². The van der Waals surface area contributed by atoms with Crippen molar-refractivity contribution in [2.24, 2.45) is 0 Å². The third-order valence-corrected chi connectivity index (χ3v) is 5.01. The molecule has 1 heterocycles. The number of hydrogen-bond donors (Lipinski definition) is 1. The van der Waals surface area contributed by atoms with Gasteiger partial charge >= 0.3 is 0 Å². The average Bonchev–Trinajstić information content (AvgIpc) is 3.08. The van der Waals surface area contributed by atoms with Gasteiger partial charge in [-0.1, -0.05) is 0 Å². The van der Waals surface area contributed by atoms with Gasteiger partial charge in [-0.05, 0) is 56.4 Å². The highest BCUT2D eigenvalue weighted by molar-refractivity contribution is 5.79. The molecule has 6 heteroatoms. The highest BCUT2D eigenvalue weighted by Crippen LogP contribution is 2.29. The number of hydrogen-bond acceptors (Lipinski definition) is 4. The molecule has 1 aromatic heterocycles. The fourth-order valence-corrected chi connectivity index (χ4v) is 3.59. The van der Waals surface area contributed by atoms with E-state index in [1.807, 2.05) is 24.4 Å². The number of carbonyl (C=O) groups excluding carboxylic acids is 1. The fourth-order valence-electron chi connectivity index (χ4n) is 3.59. The van der Waals surface area contributed by atoms with Crippen LogP contribution in [0.2, 0.25) is 0 Å². The highest BCUT2D eigenvalue weighted by Gasteiger charge is 2.24. The Hall–Kier alpha value is -2.50. The Balaban J connectivity index is 1.53. The second-order valence-corrected chi connectivity index (χ2v) is 6.93. The van der Waals surface area contributed by atoms with Crippen molar-refractivity contribution in [1.29, 1.82) is 0 Å². The van der Waals surface area contributed by atoms with E-state index in [1.165, 1.54) is 5.56 Å². The van der Waals surface area contributed by atoms with Gasteiger partial charge in [0.1, 0.15) is 11.5 Å². The maximum atomic E-state index is 12.5. The van der Waals surface area contributed by atoms with Crippen LogP contribution in [-0.4, -0.2) is 35.9 Å². The molecule has 3 rings (SSSR count). The lowest BCUT2D eigenvalue weighted by molar-refractivity contribution is -0.121. The molecule has 0 spiro atoms. The zero-order valence-corrected chi connectivity index (χ0v) is 15.7. The number of nitrogens with one attached hydrogen (secondary N) is 1. The number of amides is 1. The number of aryl methyl sites for hydroxylation is 1. The van der Waals surface area contributed by atoms with Gasteiger partial charge in [0.2, 0.25) is 5.91 Å². The van der Waals surface area contributed by atoms with Crippen molar-refractivity contribution in [2.45, 2.75) is 51.1 Å². The summed E-state index contributed by atoms with van der Waals surface area (Å²) in [5, 5.41) is 7.59. The SMILES string of the molecule is COc1ccc(OC)c(CC(=O)NC2CCC(n3cc(C)cn3)CC2)c1. The van der Waals surface area contributed by atoms with Gasteiger partial charge < -0.3 is 14.8 Å². The first-order valence-corrected chi connectivity index (χ1v) is 9.10. The molecule has 1 fully saturated rings. The third-order valence-electron chi connectivity index (χ3n) is 5.01. The molecule has 1 amide bonds. The summed E-state index contributed by atoms with van der Waals surface area (Å²) in [4.78, 5) is 12.5. The van der Waals surface area contributed by atoms with E-state index in [0.29, 0.717) is 18.2 Å². The van der Waals surface area contributed by atoms with E-state index < -0.39 is 0 Å². The molecule has 0 radical (unpaired) electrons. The van der Waals surface area contributed by atoms with Gasteiger partial charge in [0, 0.05) is 17.8 Å². The van der Waals surface area contributed by atoms with Crippen LogP contribution in [0.3, 0.4) is 0 Å². The molecule has 26 heavy (non-hydrogen) atoms. The lowest BCUT2D eigenvalue weighted by Gasteiger charge is -2.29. The Bertz CT molecular complexity index is 749. The normalized spacial score (nSPS) is 19.8. The van der Waals surface area contributed by atoms with E-state index in [-0.39, 0.29) is 11.9 Å². The molecule has 1 saturated carbocycles. The molecule has 0 saturated heterocycles. The second-order valence-electron chi connectivity index (χ2n) is 6.93. The molecular formula is C20H27N3O3. The summed E-state index contributed by atoms with van der Waals surface area (Å²) in [6.45, 7) is 2.06. The van der Waals surface area contributed by atoms with E-state index in [9.17, 15) is 4.79 Å². The van der Waals surface area contributed by atoms with Gasteiger partial charge in [0.15, 0.2) is 0 Å². The Morgan fingerprint density at radius 2 is 2.00 bits per heavy atom. The number of ether oxygens (including phenoxy) is 2. The molecular weight excluding hydrogens is 330 g/mol. The minimum absolute atomic E-state index is 0.0231. The van der Waals surface area contributed by atoms with Crippen molar-refractivity contribution in [1.82, 2.24) is 15.1 Å². The Labute approximate surface area is 154 Å². The van der Waals surface area contributed by atoms with Crippen molar-refractivity contribution in [3.8, 4) is 11.5 Å². The lowest BCUT2D eigenvalue weighted by atomic mass is 9.91. The van der Waals surface area contributed by atoms with Crippen LogP contribution in [-0.2, 0) is 11.2 Å². The van der Waals surface area contributed by atoms with Crippen molar-refractivity contribution in [3.05, 3.63) is 41.7 Å². The zero-order valence-electron chi connectivity index (χ0n) is 15.7. The summed E-state index contributed by atoms with van der Waals surface area (Å²) in [5.74, 6) is 1.46. The van der Waals surface area contributed by atoms with E-state index in [4.69, 9.17) is 9.47 Å². The van der Waals surface area contributed by atoms with Gasteiger partial charge in [-0.2, -0.15) is 5.10 Å². The molecule has 0 unspecified atom stereocenters. The first-order valence-electron chi connectivity index (χ1n) is 9.10. The van der Waals surface area contributed by atoms with Crippen LogP contribution in [0, 0.1) is 6.92 Å². The quantitative estimate of drug-likeness (QED) is 0.863. The molecule has 0 aliphatic heterocycles. The predicted octanol–water partition coefficient (Wildman–Crippen LogP) is 3.05.